The highest BCUT2D eigenvalue weighted by molar-refractivity contribution is 5.08. The van der Waals surface area contributed by atoms with Gasteiger partial charge in [0.15, 0.2) is 0 Å². The lowest BCUT2D eigenvalue weighted by molar-refractivity contribution is 0.215. The first-order chi connectivity index (χ1) is 11.2. The molecule has 1 saturated heterocycles. The minimum absolute atomic E-state index is 0.558. The molecule has 7 heteroatoms. The molecular formula is C16H24N6O. The summed E-state index contributed by atoms with van der Waals surface area (Å²) in [6.45, 7) is 3.90. The van der Waals surface area contributed by atoms with Gasteiger partial charge in [-0.15, -0.1) is 10.2 Å². The smallest absolute Gasteiger partial charge is 0.146 e. The van der Waals surface area contributed by atoms with E-state index in [0.29, 0.717) is 12.0 Å². The number of hydrogen-bond acceptors (Lipinski definition) is 6. The van der Waals surface area contributed by atoms with Crippen LogP contribution in [0.25, 0.3) is 0 Å². The standard InChI is InChI=1S/C16H24N6O/c1-20(11-15-17-18-16(21(15)2)12-3-4-12)14-5-7-22(10-14)9-13-6-8-23-19-13/h6,8,12,14H,3-5,7,9-11H2,1-2H3/t14-/m1/s1. The van der Waals surface area contributed by atoms with Gasteiger partial charge < -0.3 is 9.09 Å². The zero-order valence-corrected chi connectivity index (χ0v) is 13.9. The van der Waals surface area contributed by atoms with E-state index < -0.39 is 0 Å². The highest BCUT2D eigenvalue weighted by Gasteiger charge is 2.30. The second-order valence-electron chi connectivity index (χ2n) is 6.89. The Kier molecular flexibility index (Phi) is 3.90. The second-order valence-corrected chi connectivity index (χ2v) is 6.89. The molecule has 23 heavy (non-hydrogen) atoms. The molecular weight excluding hydrogens is 292 g/mol. The number of nitrogens with zero attached hydrogens (tertiary/aromatic N) is 6. The van der Waals surface area contributed by atoms with Crippen molar-refractivity contribution in [2.24, 2.45) is 7.05 Å². The Bertz CT molecular complexity index is 648. The normalized spacial score (nSPS) is 22.3. The predicted octanol–water partition coefficient (Wildman–Crippen LogP) is 1.39. The van der Waals surface area contributed by atoms with Gasteiger partial charge in [0, 0.05) is 44.7 Å². The van der Waals surface area contributed by atoms with Crippen LogP contribution in [-0.2, 0) is 20.1 Å². The van der Waals surface area contributed by atoms with E-state index in [-0.39, 0.29) is 0 Å². The largest absolute Gasteiger partial charge is 0.364 e. The van der Waals surface area contributed by atoms with E-state index in [0.717, 1.165) is 43.5 Å². The molecule has 0 bridgehead atoms. The first-order valence-corrected chi connectivity index (χ1v) is 8.40. The van der Waals surface area contributed by atoms with Crippen molar-refractivity contribution in [3.63, 3.8) is 0 Å². The Balaban J connectivity index is 1.33. The summed E-state index contributed by atoms with van der Waals surface area (Å²) < 4.78 is 7.10. The Morgan fingerprint density at radius 3 is 2.91 bits per heavy atom. The van der Waals surface area contributed by atoms with Crippen LogP contribution in [0.4, 0.5) is 0 Å². The van der Waals surface area contributed by atoms with E-state index in [2.05, 4.69) is 43.8 Å². The van der Waals surface area contributed by atoms with Crippen molar-refractivity contribution in [1.82, 2.24) is 29.7 Å². The molecule has 2 aromatic rings. The molecule has 3 heterocycles. The fraction of sp³-hybridized carbons (Fsp3) is 0.688. The van der Waals surface area contributed by atoms with E-state index in [1.165, 1.54) is 19.3 Å². The van der Waals surface area contributed by atoms with Gasteiger partial charge in [-0.1, -0.05) is 5.16 Å². The summed E-state index contributed by atoms with van der Waals surface area (Å²) in [5.74, 6) is 2.88. The fourth-order valence-corrected chi connectivity index (χ4v) is 3.43. The third-order valence-electron chi connectivity index (χ3n) is 5.08. The molecule has 4 rings (SSSR count). The quantitative estimate of drug-likeness (QED) is 0.802. The molecule has 1 saturated carbocycles. The second kappa shape index (κ2) is 6.05. The molecule has 0 unspecified atom stereocenters. The lowest BCUT2D eigenvalue weighted by atomic mass is 10.2. The van der Waals surface area contributed by atoms with Crippen molar-refractivity contribution in [2.45, 2.75) is 44.3 Å². The Morgan fingerprint density at radius 1 is 1.30 bits per heavy atom. The molecule has 2 aromatic heterocycles. The van der Waals surface area contributed by atoms with Crippen LogP contribution in [0.2, 0.25) is 0 Å². The number of likely N-dealkylation sites (N-methyl/N-ethyl adjacent to an activating group) is 1. The maximum absolute atomic E-state index is 4.91. The first-order valence-electron chi connectivity index (χ1n) is 8.40. The third kappa shape index (κ3) is 3.16. The molecule has 2 fully saturated rings. The van der Waals surface area contributed by atoms with Gasteiger partial charge in [-0.25, -0.2) is 0 Å². The van der Waals surface area contributed by atoms with Gasteiger partial charge in [0.2, 0.25) is 0 Å². The Hall–Kier alpha value is -1.73. The van der Waals surface area contributed by atoms with Crippen LogP contribution >= 0.6 is 0 Å². The fourth-order valence-electron chi connectivity index (χ4n) is 3.43. The molecule has 0 N–H and O–H groups in total. The van der Waals surface area contributed by atoms with Crippen LogP contribution in [-0.4, -0.2) is 55.9 Å². The zero-order valence-electron chi connectivity index (χ0n) is 13.9. The van der Waals surface area contributed by atoms with Crippen molar-refractivity contribution >= 4 is 0 Å². The van der Waals surface area contributed by atoms with Gasteiger partial charge in [0.1, 0.15) is 17.9 Å². The monoisotopic (exact) mass is 316 g/mol. The maximum Gasteiger partial charge on any atom is 0.146 e. The van der Waals surface area contributed by atoms with Crippen LogP contribution < -0.4 is 0 Å². The van der Waals surface area contributed by atoms with Crippen molar-refractivity contribution in [3.05, 3.63) is 29.7 Å². The molecule has 0 amide bonds. The summed E-state index contributed by atoms with van der Waals surface area (Å²) in [6.07, 6.45) is 5.35. The summed E-state index contributed by atoms with van der Waals surface area (Å²) in [4.78, 5) is 4.84. The Morgan fingerprint density at radius 2 is 2.17 bits per heavy atom. The molecule has 0 aromatic carbocycles. The summed E-state index contributed by atoms with van der Waals surface area (Å²) in [5, 5.41) is 12.8. The van der Waals surface area contributed by atoms with Gasteiger partial charge in [-0.3, -0.25) is 9.80 Å². The molecule has 124 valence electrons. The van der Waals surface area contributed by atoms with Crippen molar-refractivity contribution in [3.8, 4) is 0 Å². The van der Waals surface area contributed by atoms with Crippen LogP contribution in [0.5, 0.6) is 0 Å². The number of aromatic nitrogens is 4. The van der Waals surface area contributed by atoms with Crippen LogP contribution in [0.15, 0.2) is 16.9 Å². The molecule has 1 aliphatic heterocycles. The summed E-state index contributed by atoms with van der Waals surface area (Å²) in [6, 6.07) is 2.50. The molecule has 0 radical (unpaired) electrons. The van der Waals surface area contributed by atoms with E-state index >= 15 is 0 Å². The molecule has 1 atom stereocenters. The summed E-state index contributed by atoms with van der Waals surface area (Å²) in [7, 11) is 4.29. The van der Waals surface area contributed by atoms with E-state index in [4.69, 9.17) is 4.52 Å². The molecule has 7 nitrogen and oxygen atoms in total. The van der Waals surface area contributed by atoms with Gasteiger partial charge in [-0.2, -0.15) is 0 Å². The van der Waals surface area contributed by atoms with Crippen LogP contribution in [0.3, 0.4) is 0 Å². The maximum atomic E-state index is 4.91. The third-order valence-corrected chi connectivity index (χ3v) is 5.08. The topological polar surface area (TPSA) is 63.2 Å². The number of hydrogen-bond donors (Lipinski definition) is 0. The van der Waals surface area contributed by atoms with Crippen LogP contribution in [0.1, 0.15) is 42.5 Å². The zero-order chi connectivity index (χ0) is 15.8. The average Bonchev–Trinajstić information content (AvgIpc) is 2.94. The van der Waals surface area contributed by atoms with Gasteiger partial charge in [0.05, 0.1) is 12.2 Å². The van der Waals surface area contributed by atoms with Gasteiger partial charge in [-0.05, 0) is 26.3 Å². The molecule has 2 aliphatic rings. The molecule has 0 spiro atoms. The summed E-state index contributed by atoms with van der Waals surface area (Å²) in [5.41, 5.74) is 1.01. The number of rotatable bonds is 6. The van der Waals surface area contributed by atoms with E-state index in [1.807, 2.05) is 6.07 Å². The predicted molar refractivity (Wildman–Crippen MR) is 84.6 cm³/mol. The average molecular weight is 316 g/mol. The van der Waals surface area contributed by atoms with Crippen molar-refractivity contribution < 1.29 is 4.52 Å². The van der Waals surface area contributed by atoms with Crippen molar-refractivity contribution in [1.29, 1.82) is 0 Å². The minimum atomic E-state index is 0.558. The van der Waals surface area contributed by atoms with E-state index in [9.17, 15) is 0 Å². The lowest BCUT2D eigenvalue weighted by Gasteiger charge is -2.24. The van der Waals surface area contributed by atoms with Gasteiger partial charge in [0.25, 0.3) is 0 Å². The number of likely N-dealkylation sites (tertiary alicyclic amines) is 1. The lowest BCUT2D eigenvalue weighted by Crippen LogP contribution is -2.34. The minimum Gasteiger partial charge on any atom is -0.364 e. The van der Waals surface area contributed by atoms with E-state index in [1.54, 1.807) is 6.26 Å². The summed E-state index contributed by atoms with van der Waals surface area (Å²) >= 11 is 0. The SMILES string of the molecule is CN(Cc1nnc(C2CC2)n1C)[C@@H]1CCN(Cc2ccon2)C1. The van der Waals surface area contributed by atoms with Crippen LogP contribution in [0, 0.1) is 0 Å². The van der Waals surface area contributed by atoms with Gasteiger partial charge >= 0.3 is 0 Å². The Labute approximate surface area is 136 Å². The molecule has 1 aliphatic carbocycles. The highest BCUT2D eigenvalue weighted by Crippen LogP contribution is 2.38. The van der Waals surface area contributed by atoms with Crippen molar-refractivity contribution in [2.75, 3.05) is 20.1 Å². The highest BCUT2D eigenvalue weighted by atomic mass is 16.5. The first kappa shape index (κ1) is 14.8.